The summed E-state index contributed by atoms with van der Waals surface area (Å²) in [5.74, 6) is -0.478. The van der Waals surface area contributed by atoms with Crippen molar-refractivity contribution in [2.24, 2.45) is 7.05 Å². The predicted molar refractivity (Wildman–Crippen MR) is 95.5 cm³/mol. The van der Waals surface area contributed by atoms with E-state index in [0.29, 0.717) is 25.3 Å². The molecule has 0 atom stereocenters. The van der Waals surface area contributed by atoms with Crippen molar-refractivity contribution in [1.29, 1.82) is 0 Å². The lowest BCUT2D eigenvalue weighted by Crippen LogP contribution is -2.27. The summed E-state index contributed by atoms with van der Waals surface area (Å²) in [6, 6.07) is 7.06. The highest BCUT2D eigenvalue weighted by Gasteiger charge is 2.15. The smallest absolute Gasteiger partial charge is 0.352 e. The highest BCUT2D eigenvalue weighted by Crippen LogP contribution is 2.23. The molecule has 0 radical (unpaired) electrons. The number of benzene rings is 1. The second-order valence-corrected chi connectivity index (χ2v) is 6.13. The fourth-order valence-electron chi connectivity index (χ4n) is 2.65. The Bertz CT molecular complexity index is 793. The molecule has 25 heavy (non-hydrogen) atoms. The van der Waals surface area contributed by atoms with Gasteiger partial charge in [-0.1, -0.05) is 6.07 Å². The van der Waals surface area contributed by atoms with Crippen molar-refractivity contribution in [3.05, 3.63) is 52.3 Å². The number of amides is 1. The molecule has 0 bridgehead atoms. The summed E-state index contributed by atoms with van der Waals surface area (Å²) in [5, 5.41) is 11.8. The van der Waals surface area contributed by atoms with Gasteiger partial charge in [0.2, 0.25) is 0 Å². The van der Waals surface area contributed by atoms with E-state index in [1.54, 1.807) is 7.05 Å². The Kier molecular flexibility index (Phi) is 5.85. The molecule has 134 valence electrons. The molecule has 1 aromatic heterocycles. The Morgan fingerprint density at radius 3 is 2.48 bits per heavy atom. The molecule has 2 aromatic rings. The maximum Gasteiger partial charge on any atom is 0.352 e. The third-order valence-electron chi connectivity index (χ3n) is 4.20. The lowest BCUT2D eigenvalue weighted by Gasteiger charge is -2.12. The Labute approximate surface area is 147 Å². The Balaban J connectivity index is 1.82. The van der Waals surface area contributed by atoms with Crippen LogP contribution in [0.15, 0.2) is 24.3 Å². The van der Waals surface area contributed by atoms with Gasteiger partial charge in [0.05, 0.1) is 6.61 Å². The second-order valence-electron chi connectivity index (χ2n) is 6.13. The van der Waals surface area contributed by atoms with Gasteiger partial charge in [-0.25, -0.2) is 4.79 Å². The average molecular weight is 344 g/mol. The fourth-order valence-corrected chi connectivity index (χ4v) is 2.65. The minimum Gasteiger partial charge on any atom is -0.493 e. The van der Waals surface area contributed by atoms with Crippen LogP contribution >= 0.6 is 0 Å². The highest BCUT2D eigenvalue weighted by molar-refractivity contribution is 5.95. The molecule has 0 aliphatic heterocycles. The van der Waals surface area contributed by atoms with Gasteiger partial charge in [0.1, 0.15) is 17.1 Å². The molecular weight excluding hydrogens is 320 g/mol. The first-order valence-corrected chi connectivity index (χ1v) is 8.19. The van der Waals surface area contributed by atoms with Gasteiger partial charge in [0, 0.05) is 13.6 Å². The molecule has 0 aliphatic rings. The van der Waals surface area contributed by atoms with Gasteiger partial charge in [-0.15, -0.1) is 0 Å². The van der Waals surface area contributed by atoms with Gasteiger partial charge in [-0.2, -0.15) is 0 Å². The van der Waals surface area contributed by atoms with Gasteiger partial charge in [0.15, 0.2) is 0 Å². The van der Waals surface area contributed by atoms with Crippen molar-refractivity contribution >= 4 is 11.9 Å². The molecule has 0 unspecified atom stereocenters. The van der Waals surface area contributed by atoms with Crippen LogP contribution in [-0.2, 0) is 7.05 Å². The third-order valence-corrected chi connectivity index (χ3v) is 4.20. The van der Waals surface area contributed by atoms with Crippen molar-refractivity contribution < 1.29 is 19.4 Å². The van der Waals surface area contributed by atoms with E-state index in [2.05, 4.69) is 18.3 Å². The number of carboxylic acid groups (broad SMARTS) is 1. The average Bonchev–Trinajstić information content (AvgIpc) is 2.93. The number of carboxylic acids is 1. The van der Waals surface area contributed by atoms with Crippen LogP contribution in [0.4, 0.5) is 0 Å². The first-order chi connectivity index (χ1) is 11.8. The molecule has 1 aromatic carbocycles. The van der Waals surface area contributed by atoms with E-state index >= 15 is 0 Å². The summed E-state index contributed by atoms with van der Waals surface area (Å²) in [6.45, 7) is 7.07. The molecule has 1 heterocycles. The molecule has 0 fully saturated rings. The number of carbonyl (C=O) groups excluding carboxylic acids is 1. The van der Waals surface area contributed by atoms with E-state index in [1.807, 2.05) is 19.9 Å². The van der Waals surface area contributed by atoms with Crippen LogP contribution in [0.3, 0.4) is 0 Å². The summed E-state index contributed by atoms with van der Waals surface area (Å²) in [7, 11) is 1.56. The largest absolute Gasteiger partial charge is 0.493 e. The van der Waals surface area contributed by atoms with Crippen LogP contribution in [0.5, 0.6) is 5.75 Å². The molecule has 0 spiro atoms. The summed E-state index contributed by atoms with van der Waals surface area (Å²) >= 11 is 0. The second kappa shape index (κ2) is 7.88. The number of hydrogen-bond acceptors (Lipinski definition) is 3. The van der Waals surface area contributed by atoms with Crippen molar-refractivity contribution in [3.8, 4) is 5.75 Å². The van der Waals surface area contributed by atoms with Crippen LogP contribution in [-0.4, -0.2) is 34.7 Å². The zero-order valence-electron chi connectivity index (χ0n) is 15.0. The minimum atomic E-state index is -1.06. The van der Waals surface area contributed by atoms with Crippen molar-refractivity contribution in [2.45, 2.75) is 27.2 Å². The zero-order chi connectivity index (χ0) is 18.6. The Hall–Kier alpha value is -2.76. The number of aromatic nitrogens is 1. The molecule has 0 aliphatic carbocycles. The molecule has 2 N–H and O–H groups in total. The number of hydrogen-bond donors (Lipinski definition) is 2. The third kappa shape index (κ3) is 4.41. The number of rotatable bonds is 7. The van der Waals surface area contributed by atoms with Gasteiger partial charge < -0.3 is 19.7 Å². The molecule has 1 amide bonds. The van der Waals surface area contributed by atoms with Crippen molar-refractivity contribution in [1.82, 2.24) is 9.88 Å². The summed E-state index contributed by atoms with van der Waals surface area (Å²) in [4.78, 5) is 23.1. The van der Waals surface area contributed by atoms with E-state index in [9.17, 15) is 9.59 Å². The summed E-state index contributed by atoms with van der Waals surface area (Å²) < 4.78 is 7.18. The van der Waals surface area contributed by atoms with Crippen LogP contribution in [0.2, 0.25) is 0 Å². The number of ether oxygens (including phenoxy) is 1. The van der Waals surface area contributed by atoms with Gasteiger partial charge in [0.25, 0.3) is 5.91 Å². The van der Waals surface area contributed by atoms with Crippen LogP contribution < -0.4 is 10.1 Å². The Morgan fingerprint density at radius 2 is 1.84 bits per heavy atom. The standard InChI is InChI=1S/C19H24N2O4/c1-12-10-13(2)14(3)17(11-12)25-9-5-8-20-18(22)15-6-7-16(19(23)24)21(15)4/h6-7,10-11H,5,8-9H2,1-4H3,(H,20,22)(H,23,24). The fraction of sp³-hybridized carbons (Fsp3) is 0.368. The summed E-state index contributed by atoms with van der Waals surface area (Å²) in [6.07, 6.45) is 0.661. The van der Waals surface area contributed by atoms with Crippen molar-refractivity contribution in [3.63, 3.8) is 0 Å². The first kappa shape index (κ1) is 18.6. The lowest BCUT2D eigenvalue weighted by atomic mass is 10.1. The molecule has 0 saturated carbocycles. The maximum absolute atomic E-state index is 12.1. The highest BCUT2D eigenvalue weighted by atomic mass is 16.5. The van der Waals surface area contributed by atoms with E-state index in [0.717, 1.165) is 16.9 Å². The summed E-state index contributed by atoms with van der Waals surface area (Å²) in [5.41, 5.74) is 3.88. The van der Waals surface area contributed by atoms with Crippen LogP contribution in [0.1, 0.15) is 44.1 Å². The Morgan fingerprint density at radius 1 is 1.16 bits per heavy atom. The van der Waals surface area contributed by atoms with Gasteiger partial charge in [-0.05, 0) is 62.1 Å². The zero-order valence-corrected chi connectivity index (χ0v) is 15.0. The number of carbonyl (C=O) groups is 2. The van der Waals surface area contributed by atoms with Crippen LogP contribution in [0.25, 0.3) is 0 Å². The first-order valence-electron chi connectivity index (χ1n) is 8.19. The van der Waals surface area contributed by atoms with E-state index in [1.165, 1.54) is 22.3 Å². The number of aromatic carboxylic acids is 1. The minimum absolute atomic E-state index is 0.0822. The topological polar surface area (TPSA) is 80.6 Å². The van der Waals surface area contributed by atoms with E-state index in [4.69, 9.17) is 9.84 Å². The SMILES string of the molecule is Cc1cc(C)c(C)c(OCCCNC(=O)c2ccc(C(=O)O)n2C)c1. The lowest BCUT2D eigenvalue weighted by molar-refractivity contribution is 0.0686. The molecule has 0 saturated heterocycles. The van der Waals surface area contributed by atoms with Gasteiger partial charge in [-0.3, -0.25) is 4.79 Å². The normalized spacial score (nSPS) is 10.6. The molecule has 6 heteroatoms. The van der Waals surface area contributed by atoms with Crippen LogP contribution in [0, 0.1) is 20.8 Å². The molecule has 6 nitrogen and oxygen atoms in total. The number of nitrogens with zero attached hydrogens (tertiary/aromatic N) is 1. The number of aryl methyl sites for hydroxylation is 2. The number of nitrogens with one attached hydrogen (secondary N) is 1. The predicted octanol–water partition coefficient (Wildman–Crippen LogP) is 2.85. The van der Waals surface area contributed by atoms with Gasteiger partial charge >= 0.3 is 5.97 Å². The molecule has 2 rings (SSSR count). The van der Waals surface area contributed by atoms with Crippen molar-refractivity contribution in [2.75, 3.05) is 13.2 Å². The van der Waals surface area contributed by atoms with E-state index < -0.39 is 5.97 Å². The monoisotopic (exact) mass is 344 g/mol. The molecular formula is C19H24N2O4. The van der Waals surface area contributed by atoms with E-state index in [-0.39, 0.29) is 11.6 Å². The maximum atomic E-state index is 12.1. The quantitative estimate of drug-likeness (QED) is 0.757.